The highest BCUT2D eigenvalue weighted by atomic mass is 35.5. The fourth-order valence-electron chi connectivity index (χ4n) is 2.32. The molecule has 8 nitrogen and oxygen atoms in total. The Morgan fingerprint density at radius 2 is 1.67 bits per heavy atom. The first-order valence-corrected chi connectivity index (χ1v) is 8.93. The summed E-state index contributed by atoms with van der Waals surface area (Å²) < 4.78 is 5.29. The number of hydrogen-bond donors (Lipinski definition) is 4. The van der Waals surface area contributed by atoms with Gasteiger partial charge < -0.3 is 20.3 Å². The molecular weight excluding hydrogens is 376 g/mol. The van der Waals surface area contributed by atoms with Crippen LogP contribution in [0.25, 0.3) is 0 Å². The van der Waals surface area contributed by atoms with Crippen LogP contribution in [0, 0.1) is 5.92 Å². The van der Waals surface area contributed by atoms with Crippen LogP contribution in [0.5, 0.6) is 5.75 Å². The Bertz CT molecular complexity index is 635. The predicted molar refractivity (Wildman–Crippen MR) is 100 cm³/mol. The molecule has 0 aliphatic rings. The number of ether oxygens (including phenoxy) is 1. The van der Waals surface area contributed by atoms with E-state index in [1.807, 2.05) is 13.8 Å². The van der Waals surface area contributed by atoms with Gasteiger partial charge in [-0.3, -0.25) is 19.7 Å². The molecule has 0 aliphatic carbocycles. The zero-order valence-electron chi connectivity index (χ0n) is 15.3. The number of carbonyl (C=O) groups is 3. The lowest BCUT2D eigenvalue weighted by Crippen LogP contribution is -2.49. The van der Waals surface area contributed by atoms with Gasteiger partial charge in [0.15, 0.2) is 6.61 Å². The van der Waals surface area contributed by atoms with E-state index in [0.717, 1.165) is 0 Å². The van der Waals surface area contributed by atoms with Crippen molar-refractivity contribution in [3.8, 4) is 5.75 Å². The van der Waals surface area contributed by atoms with Crippen molar-refractivity contribution in [2.45, 2.75) is 38.8 Å². The van der Waals surface area contributed by atoms with Crippen LogP contribution >= 0.6 is 11.6 Å². The Morgan fingerprint density at radius 1 is 1.07 bits per heavy atom. The highest BCUT2D eigenvalue weighted by Crippen LogP contribution is 2.15. The van der Waals surface area contributed by atoms with Crippen molar-refractivity contribution < 1.29 is 29.3 Å². The third kappa shape index (κ3) is 9.25. The van der Waals surface area contributed by atoms with Crippen molar-refractivity contribution in [1.82, 2.24) is 10.6 Å². The van der Waals surface area contributed by atoms with E-state index < -0.39 is 29.9 Å². The number of nitrogens with one attached hydrogen (secondary N) is 2. The number of carboxylic acids is 2. The molecule has 1 aromatic rings. The van der Waals surface area contributed by atoms with Gasteiger partial charge in [0.2, 0.25) is 0 Å². The van der Waals surface area contributed by atoms with Gasteiger partial charge in [-0.05, 0) is 43.0 Å². The van der Waals surface area contributed by atoms with Gasteiger partial charge in [0.1, 0.15) is 17.8 Å². The molecule has 0 fully saturated rings. The first-order chi connectivity index (χ1) is 12.7. The Labute approximate surface area is 162 Å². The first-order valence-electron chi connectivity index (χ1n) is 8.55. The maximum absolute atomic E-state index is 11.8. The fourth-order valence-corrected chi connectivity index (χ4v) is 2.45. The van der Waals surface area contributed by atoms with Crippen molar-refractivity contribution in [1.29, 1.82) is 0 Å². The van der Waals surface area contributed by atoms with E-state index in [1.165, 1.54) is 0 Å². The van der Waals surface area contributed by atoms with E-state index in [9.17, 15) is 24.6 Å². The van der Waals surface area contributed by atoms with E-state index in [4.69, 9.17) is 16.3 Å². The highest BCUT2D eigenvalue weighted by Gasteiger charge is 2.26. The van der Waals surface area contributed by atoms with E-state index >= 15 is 0 Å². The molecule has 27 heavy (non-hydrogen) atoms. The number of aliphatic carboxylic acids is 2. The summed E-state index contributed by atoms with van der Waals surface area (Å²) >= 11 is 5.76. The van der Waals surface area contributed by atoms with E-state index in [-0.39, 0.29) is 25.5 Å². The van der Waals surface area contributed by atoms with Gasteiger partial charge in [0.25, 0.3) is 5.91 Å². The summed E-state index contributed by atoms with van der Waals surface area (Å²) in [6.45, 7) is 3.56. The second-order valence-corrected chi connectivity index (χ2v) is 6.90. The number of hydrogen-bond acceptors (Lipinski definition) is 5. The van der Waals surface area contributed by atoms with E-state index in [1.54, 1.807) is 24.3 Å². The highest BCUT2D eigenvalue weighted by molar-refractivity contribution is 6.30. The average molecular weight is 401 g/mol. The Hall–Kier alpha value is -2.32. The Kier molecular flexibility index (Phi) is 9.60. The van der Waals surface area contributed by atoms with Crippen LogP contribution in [0.2, 0.25) is 5.02 Å². The zero-order valence-corrected chi connectivity index (χ0v) is 16.0. The molecule has 4 N–H and O–H groups in total. The number of rotatable bonds is 12. The molecule has 2 atom stereocenters. The molecule has 150 valence electrons. The molecule has 0 aliphatic heterocycles. The third-order valence-corrected chi connectivity index (χ3v) is 3.90. The molecule has 0 spiro atoms. The maximum atomic E-state index is 11.8. The minimum absolute atomic E-state index is 0.0455. The van der Waals surface area contributed by atoms with Gasteiger partial charge in [0.05, 0.1) is 0 Å². The van der Waals surface area contributed by atoms with Crippen LogP contribution in [-0.4, -0.2) is 53.3 Å². The Morgan fingerprint density at radius 3 is 2.19 bits per heavy atom. The van der Waals surface area contributed by atoms with Crippen molar-refractivity contribution in [2.24, 2.45) is 5.92 Å². The van der Waals surface area contributed by atoms with Crippen LogP contribution in [0.15, 0.2) is 24.3 Å². The summed E-state index contributed by atoms with van der Waals surface area (Å²) in [6.07, 6.45) is 0.351. The number of carbonyl (C=O) groups excluding carboxylic acids is 1. The van der Waals surface area contributed by atoms with Crippen LogP contribution in [0.1, 0.15) is 26.7 Å². The lowest BCUT2D eigenvalue weighted by molar-refractivity contribution is -0.143. The molecule has 0 saturated carbocycles. The van der Waals surface area contributed by atoms with Crippen molar-refractivity contribution in [3.63, 3.8) is 0 Å². The largest absolute Gasteiger partial charge is 0.484 e. The standard InChI is InChI=1S/C18H25ClN2O6/c1-11(2)9-15(18(25)26)21-14(17(23)24)7-8-20-16(22)10-27-13-5-3-12(19)4-6-13/h3-6,11,14-15,21H,7-10H2,1-2H3,(H,20,22)(H,23,24)(H,25,26)/t14?,15-/m0/s1. The fraction of sp³-hybridized carbons (Fsp3) is 0.500. The van der Waals surface area contributed by atoms with E-state index in [0.29, 0.717) is 17.2 Å². The summed E-state index contributed by atoms with van der Waals surface area (Å²) in [4.78, 5) is 34.4. The normalized spacial score (nSPS) is 13.0. The van der Waals surface area contributed by atoms with Crippen molar-refractivity contribution in [3.05, 3.63) is 29.3 Å². The first kappa shape index (κ1) is 22.7. The minimum Gasteiger partial charge on any atom is -0.484 e. The maximum Gasteiger partial charge on any atom is 0.320 e. The van der Waals surface area contributed by atoms with Crippen LogP contribution < -0.4 is 15.4 Å². The predicted octanol–water partition coefficient (Wildman–Crippen LogP) is 1.77. The van der Waals surface area contributed by atoms with Crippen LogP contribution in [0.4, 0.5) is 0 Å². The molecule has 1 unspecified atom stereocenters. The monoisotopic (exact) mass is 400 g/mol. The summed E-state index contributed by atoms with van der Waals surface area (Å²) in [6, 6.07) is 4.47. The average Bonchev–Trinajstić information content (AvgIpc) is 2.58. The molecule has 1 aromatic carbocycles. The molecule has 0 bridgehead atoms. The number of benzene rings is 1. The molecule has 1 rings (SSSR count). The minimum atomic E-state index is -1.17. The SMILES string of the molecule is CC(C)C[C@H](NC(CCNC(=O)COc1ccc(Cl)cc1)C(=O)O)C(=O)O. The Balaban J connectivity index is 2.42. The third-order valence-electron chi connectivity index (χ3n) is 3.64. The summed E-state index contributed by atoms with van der Waals surface area (Å²) in [5, 5.41) is 24.2. The van der Waals surface area contributed by atoms with Gasteiger partial charge in [-0.25, -0.2) is 0 Å². The van der Waals surface area contributed by atoms with Gasteiger partial charge in [-0.2, -0.15) is 0 Å². The van der Waals surface area contributed by atoms with Gasteiger partial charge in [0, 0.05) is 11.6 Å². The van der Waals surface area contributed by atoms with Crippen molar-refractivity contribution >= 4 is 29.4 Å². The number of amides is 1. The molecule has 0 saturated heterocycles. The molecule has 0 aromatic heterocycles. The van der Waals surface area contributed by atoms with Crippen LogP contribution in [0.3, 0.4) is 0 Å². The number of carboxylic acid groups (broad SMARTS) is 2. The van der Waals surface area contributed by atoms with Gasteiger partial charge in [-0.15, -0.1) is 0 Å². The lowest BCUT2D eigenvalue weighted by Gasteiger charge is -2.21. The van der Waals surface area contributed by atoms with Crippen molar-refractivity contribution in [2.75, 3.05) is 13.2 Å². The molecule has 0 radical (unpaired) electrons. The second-order valence-electron chi connectivity index (χ2n) is 6.46. The molecule has 1 amide bonds. The molecular formula is C18H25ClN2O6. The lowest BCUT2D eigenvalue weighted by atomic mass is 10.0. The van der Waals surface area contributed by atoms with E-state index in [2.05, 4.69) is 10.6 Å². The molecule has 0 heterocycles. The quantitative estimate of drug-likeness (QED) is 0.421. The summed E-state index contributed by atoms with van der Waals surface area (Å²) in [5.41, 5.74) is 0. The number of halogens is 1. The van der Waals surface area contributed by atoms with Gasteiger partial charge >= 0.3 is 11.9 Å². The zero-order chi connectivity index (χ0) is 20.4. The second kappa shape index (κ2) is 11.4. The van der Waals surface area contributed by atoms with Crippen LogP contribution in [-0.2, 0) is 14.4 Å². The topological polar surface area (TPSA) is 125 Å². The van der Waals surface area contributed by atoms with Gasteiger partial charge in [-0.1, -0.05) is 25.4 Å². The summed E-state index contributed by atoms with van der Waals surface area (Å²) in [7, 11) is 0. The summed E-state index contributed by atoms with van der Waals surface area (Å²) in [5.74, 6) is -2.10. The molecule has 9 heteroatoms. The smallest absolute Gasteiger partial charge is 0.320 e.